The maximum Gasteiger partial charge on any atom is 4.00 e. The van der Waals surface area contributed by atoms with E-state index in [-0.39, 0.29) is 57.2 Å². The number of halogens is 2. The maximum absolute atomic E-state index is 2.08. The summed E-state index contributed by atoms with van der Waals surface area (Å²) in [5.41, 5.74) is 0. The molecule has 0 aliphatic heterocycles. The molecule has 0 amide bonds. The van der Waals surface area contributed by atoms with Crippen LogP contribution in [0.15, 0.2) is 0 Å². The van der Waals surface area contributed by atoms with Crippen LogP contribution in [0.2, 0.25) is 0 Å². The first-order chi connectivity index (χ1) is 1.73. The van der Waals surface area contributed by atoms with Crippen molar-refractivity contribution in [2.24, 2.45) is 0 Å². The van der Waals surface area contributed by atoms with E-state index in [4.69, 9.17) is 0 Å². The molecule has 4 heteroatoms. The zero-order valence-electron chi connectivity index (χ0n) is 5.33. The maximum atomic E-state index is 2.08. The van der Waals surface area contributed by atoms with Crippen LogP contribution in [0.5, 0.6) is 0 Å². The van der Waals surface area contributed by atoms with Gasteiger partial charge < -0.3 is 36.9 Å². The summed E-state index contributed by atoms with van der Waals surface area (Å²) in [7, 11) is 0. The molecule has 0 unspecified atom stereocenters. The van der Waals surface area contributed by atoms with Crippen LogP contribution >= 0.6 is 0 Å². The minimum absolute atomic E-state index is 0. The van der Waals surface area contributed by atoms with E-state index in [9.17, 15) is 0 Å². The molecule has 0 rings (SSSR count). The van der Waals surface area contributed by atoms with Crippen molar-refractivity contribution in [1.82, 2.24) is 0 Å². The predicted molar refractivity (Wildman–Crippen MR) is 25.5 cm³/mol. The summed E-state index contributed by atoms with van der Waals surface area (Å²) in [5.74, 6) is 1.42. The molecule has 0 radical (unpaired) electrons. The van der Waals surface area contributed by atoms with Gasteiger partial charge >= 0.3 is 26.2 Å². The van der Waals surface area contributed by atoms with E-state index in [0.29, 0.717) is 0 Å². The van der Waals surface area contributed by atoms with Gasteiger partial charge in [0.2, 0.25) is 0 Å². The van der Waals surface area contributed by atoms with Crippen molar-refractivity contribution in [3.63, 3.8) is 0 Å². The van der Waals surface area contributed by atoms with Gasteiger partial charge in [0.1, 0.15) is 0 Å². The molecule has 2 N–H and O–H groups in total. The summed E-state index contributed by atoms with van der Waals surface area (Å²) in [4.78, 5) is 0. The molecule has 0 bridgehead atoms. The van der Waals surface area contributed by atoms with Crippen LogP contribution in [0.1, 0.15) is 20.8 Å². The summed E-state index contributed by atoms with van der Waals surface area (Å²) in [6.07, 6.45) is 0. The monoisotopic (exact) mass is 233 g/mol. The summed E-state index contributed by atoms with van der Waals surface area (Å²) >= 11 is 0. The second-order valence-corrected chi connectivity index (χ2v) is 1.50. The van der Waals surface area contributed by atoms with Crippen LogP contribution in [-0.2, 0) is 26.2 Å². The van der Waals surface area contributed by atoms with Crippen molar-refractivity contribution in [3.05, 3.63) is 12.1 Å². The number of hydrogen-bond donors (Lipinski definition) is 0. The number of rotatable bonds is 0. The second-order valence-electron chi connectivity index (χ2n) is 1.50. The second kappa shape index (κ2) is 23.7. The average molecular weight is 235 g/mol. The van der Waals surface area contributed by atoms with Gasteiger partial charge in [-0.25, -0.2) is 0 Å². The normalized spacial score (nSPS) is 4.50. The Morgan fingerprint density at radius 3 is 0.875 bits per heavy atom. The summed E-state index contributed by atoms with van der Waals surface area (Å²) in [6, 6.07) is 0. The van der Waals surface area contributed by atoms with Crippen molar-refractivity contribution in [3.8, 4) is 0 Å². The standard InChI is InChI=1S/C4H9.2ClH.H2N.Zr/c1-4(2)3;;;;/h1-3H3;2*1H;1H2;/q-1;;;-1;+4/p-2. The first-order valence-corrected chi connectivity index (χ1v) is 1.50. The third-order valence-electron chi connectivity index (χ3n) is 0. The number of nitrogens with two attached hydrogens (primary N) is 1. The van der Waals surface area contributed by atoms with Crippen LogP contribution in [-0.4, -0.2) is 0 Å². The van der Waals surface area contributed by atoms with Gasteiger partial charge in [-0.05, 0) is 0 Å². The van der Waals surface area contributed by atoms with E-state index >= 15 is 0 Å². The van der Waals surface area contributed by atoms with Crippen molar-refractivity contribution < 1.29 is 51.0 Å². The van der Waals surface area contributed by atoms with Gasteiger partial charge in [0.15, 0.2) is 0 Å². The average Bonchev–Trinajstić information content (AvgIpc) is 0.811. The minimum atomic E-state index is 0. The van der Waals surface area contributed by atoms with E-state index < -0.39 is 0 Å². The molecule has 0 saturated carbocycles. The van der Waals surface area contributed by atoms with E-state index in [2.05, 4.69) is 20.8 Å². The molecule has 0 aliphatic rings. The molecular weight excluding hydrogens is 224 g/mol. The molecule has 0 saturated heterocycles. The van der Waals surface area contributed by atoms with Gasteiger partial charge in [0.25, 0.3) is 0 Å². The van der Waals surface area contributed by atoms with Gasteiger partial charge in [-0.1, -0.05) is 0 Å². The molecule has 0 aromatic carbocycles. The molecule has 0 atom stereocenters. The van der Waals surface area contributed by atoms with Crippen LogP contribution < -0.4 is 24.8 Å². The van der Waals surface area contributed by atoms with E-state index in [1.54, 1.807) is 0 Å². The van der Waals surface area contributed by atoms with Gasteiger partial charge in [-0.2, -0.15) is 20.8 Å². The molecule has 8 heavy (non-hydrogen) atoms. The zero-order valence-corrected chi connectivity index (χ0v) is 9.30. The Morgan fingerprint density at radius 2 is 0.875 bits per heavy atom. The topological polar surface area (TPSA) is 33.5 Å². The van der Waals surface area contributed by atoms with Crippen LogP contribution in [0.25, 0.3) is 6.15 Å². The van der Waals surface area contributed by atoms with E-state index in [1.165, 1.54) is 5.92 Å². The molecule has 0 aromatic heterocycles. The smallest absolute Gasteiger partial charge is 1.00 e. The minimum Gasteiger partial charge on any atom is -1.00 e. The van der Waals surface area contributed by atoms with Crippen LogP contribution in [0.3, 0.4) is 0 Å². The third kappa shape index (κ3) is 151. The van der Waals surface area contributed by atoms with E-state index in [0.717, 1.165) is 0 Å². The van der Waals surface area contributed by atoms with Crippen molar-refractivity contribution in [2.45, 2.75) is 20.8 Å². The molecule has 50 valence electrons. The Morgan fingerprint density at radius 1 is 0.875 bits per heavy atom. The Bertz CT molecular complexity index is 18.8. The van der Waals surface area contributed by atoms with Gasteiger partial charge in [0.05, 0.1) is 0 Å². The summed E-state index contributed by atoms with van der Waals surface area (Å²) in [6.45, 7) is 6.25. The molecule has 0 heterocycles. The van der Waals surface area contributed by atoms with Gasteiger partial charge in [-0.15, -0.1) is 0 Å². The Balaban J connectivity index is -0.00000000750. The largest absolute Gasteiger partial charge is 4.00 e. The Hall–Kier alpha value is 1.42. The number of hydrogen-bond acceptors (Lipinski definition) is 0. The van der Waals surface area contributed by atoms with Crippen molar-refractivity contribution in [2.75, 3.05) is 0 Å². The first-order valence-electron chi connectivity index (χ1n) is 1.50. The predicted octanol–water partition coefficient (Wildman–Crippen LogP) is -3.66. The molecular formula is C4H11Cl2NZr. The fraction of sp³-hybridized carbons (Fsp3) is 0.750. The zero-order chi connectivity index (χ0) is 3.58. The van der Waals surface area contributed by atoms with Gasteiger partial charge in [-0.3, -0.25) is 0 Å². The van der Waals surface area contributed by atoms with Crippen LogP contribution in [0, 0.1) is 5.92 Å². The molecule has 0 aromatic rings. The fourth-order valence-corrected chi connectivity index (χ4v) is 0. The Labute approximate surface area is 83.5 Å². The molecule has 0 spiro atoms. The third-order valence-corrected chi connectivity index (χ3v) is 0. The molecule has 0 aliphatic carbocycles. The quantitative estimate of drug-likeness (QED) is 0.388. The van der Waals surface area contributed by atoms with E-state index in [1.807, 2.05) is 0 Å². The van der Waals surface area contributed by atoms with Crippen LogP contribution in [0.4, 0.5) is 0 Å². The molecule has 1 nitrogen and oxygen atoms in total. The fourth-order valence-electron chi connectivity index (χ4n) is 0. The van der Waals surface area contributed by atoms with Crippen molar-refractivity contribution in [1.29, 1.82) is 0 Å². The Kier molecular flexibility index (Phi) is 101. The first kappa shape index (κ1) is 34.2. The summed E-state index contributed by atoms with van der Waals surface area (Å²) in [5, 5.41) is 0. The van der Waals surface area contributed by atoms with Crippen molar-refractivity contribution >= 4 is 0 Å². The van der Waals surface area contributed by atoms with Gasteiger partial charge in [0, 0.05) is 0 Å². The summed E-state index contributed by atoms with van der Waals surface area (Å²) < 4.78 is 0. The molecule has 0 fully saturated rings. The SMILES string of the molecule is C[C-](C)C.[Cl-].[Cl-].[NH2-].[Zr+4].